The first-order valence-electron chi connectivity index (χ1n) is 11.7. The Hall–Kier alpha value is -4.11. The Balaban J connectivity index is 1.81. The number of nitrogens with one attached hydrogen (secondary N) is 1. The van der Waals surface area contributed by atoms with Crippen LogP contribution >= 0.6 is 0 Å². The molecule has 37 heavy (non-hydrogen) atoms. The van der Waals surface area contributed by atoms with Gasteiger partial charge < -0.3 is 9.47 Å². The molecule has 0 radical (unpaired) electrons. The number of rotatable bonds is 12. The number of carbonyl (C=O) groups excluding carboxylic acids is 1. The van der Waals surface area contributed by atoms with Crippen LogP contribution in [0, 0.1) is 13.8 Å². The molecule has 1 amide bonds. The topological polar surface area (TPSA) is 97.3 Å². The molecule has 0 aliphatic rings. The second-order valence-corrected chi connectivity index (χ2v) is 9.94. The van der Waals surface area contributed by atoms with Gasteiger partial charge in [-0.3, -0.25) is 9.10 Å². The third kappa shape index (κ3) is 6.98. The lowest BCUT2D eigenvalue weighted by Crippen LogP contribution is -2.40. The molecule has 0 aliphatic heterocycles. The molecule has 3 rings (SSSR count). The highest BCUT2D eigenvalue weighted by atomic mass is 32.2. The average molecular weight is 522 g/mol. The minimum absolute atomic E-state index is 0.0921. The molecule has 0 saturated heterocycles. The molecule has 0 atom stereocenters. The Morgan fingerprint density at radius 2 is 1.78 bits per heavy atom. The van der Waals surface area contributed by atoms with Crippen LogP contribution in [-0.4, -0.2) is 40.3 Å². The van der Waals surface area contributed by atoms with Crippen molar-refractivity contribution in [3.63, 3.8) is 0 Å². The van der Waals surface area contributed by atoms with Crippen LogP contribution in [0.4, 0.5) is 5.69 Å². The molecule has 0 fully saturated rings. The molecule has 0 unspecified atom stereocenters. The van der Waals surface area contributed by atoms with Gasteiger partial charge in [-0.2, -0.15) is 5.10 Å². The Bertz CT molecular complexity index is 1370. The molecule has 9 heteroatoms. The van der Waals surface area contributed by atoms with Crippen molar-refractivity contribution in [1.82, 2.24) is 5.43 Å². The zero-order valence-corrected chi connectivity index (χ0v) is 22.0. The molecule has 8 nitrogen and oxygen atoms in total. The maximum Gasteiger partial charge on any atom is 0.264 e. The van der Waals surface area contributed by atoms with E-state index in [1.54, 1.807) is 54.6 Å². The van der Waals surface area contributed by atoms with Crippen molar-refractivity contribution in [2.24, 2.45) is 5.10 Å². The van der Waals surface area contributed by atoms with Gasteiger partial charge in [0.05, 0.1) is 23.4 Å². The number of hydrogen-bond acceptors (Lipinski definition) is 6. The fraction of sp³-hybridized carbons (Fsp3) is 0.214. The van der Waals surface area contributed by atoms with E-state index in [-0.39, 0.29) is 4.90 Å². The summed E-state index contributed by atoms with van der Waals surface area (Å²) >= 11 is 0. The van der Waals surface area contributed by atoms with Gasteiger partial charge in [0.15, 0.2) is 11.5 Å². The molecule has 3 aromatic rings. The monoisotopic (exact) mass is 521 g/mol. The van der Waals surface area contributed by atoms with Crippen LogP contribution in [0.1, 0.15) is 23.6 Å². The standard InChI is InChI=1S/C28H31N3O5S/c1-5-17-36-26-16-15-23(18-27(26)35-6-2)19-29-30-28(32)20-31(25-14-10-11-21(3)22(25)4)37(33,34)24-12-8-7-9-13-24/h5,7-16,18-19H,1,6,17,20H2,2-4H3,(H,30,32)/b29-19-. The summed E-state index contributed by atoms with van der Waals surface area (Å²) in [6.45, 7) is 9.56. The van der Waals surface area contributed by atoms with E-state index in [0.29, 0.717) is 36.0 Å². The van der Waals surface area contributed by atoms with Gasteiger partial charge in [0, 0.05) is 0 Å². The van der Waals surface area contributed by atoms with Crippen molar-refractivity contribution >= 4 is 27.8 Å². The first kappa shape index (κ1) is 27.5. The van der Waals surface area contributed by atoms with Crippen molar-refractivity contribution in [1.29, 1.82) is 0 Å². The third-order valence-electron chi connectivity index (χ3n) is 5.49. The minimum atomic E-state index is -4.01. The Labute approximate surface area is 218 Å². The fourth-order valence-corrected chi connectivity index (χ4v) is 5.01. The molecule has 0 aliphatic carbocycles. The maximum atomic E-state index is 13.5. The van der Waals surface area contributed by atoms with Gasteiger partial charge in [-0.25, -0.2) is 13.8 Å². The quantitative estimate of drug-likeness (QED) is 0.213. The van der Waals surface area contributed by atoms with Crippen LogP contribution in [0.15, 0.2) is 89.4 Å². The number of amides is 1. The lowest BCUT2D eigenvalue weighted by molar-refractivity contribution is -0.119. The Morgan fingerprint density at radius 1 is 1.03 bits per heavy atom. The summed E-state index contributed by atoms with van der Waals surface area (Å²) in [5, 5.41) is 4.02. The average Bonchev–Trinajstić information content (AvgIpc) is 2.89. The molecule has 0 spiro atoms. The highest BCUT2D eigenvalue weighted by molar-refractivity contribution is 7.92. The van der Waals surface area contributed by atoms with Gasteiger partial charge in [0.1, 0.15) is 13.2 Å². The summed E-state index contributed by atoms with van der Waals surface area (Å²) in [5.41, 5.74) is 5.20. The SMILES string of the molecule is C=CCOc1ccc(/C=N\NC(=O)CN(c2cccc(C)c2C)S(=O)(=O)c2ccccc2)cc1OCC. The summed E-state index contributed by atoms with van der Waals surface area (Å²) < 4.78 is 39.3. The Morgan fingerprint density at radius 3 is 2.49 bits per heavy atom. The number of hydrazone groups is 1. The molecule has 194 valence electrons. The van der Waals surface area contributed by atoms with Crippen LogP contribution in [-0.2, 0) is 14.8 Å². The smallest absolute Gasteiger partial charge is 0.264 e. The number of ether oxygens (including phenoxy) is 2. The summed E-state index contributed by atoms with van der Waals surface area (Å²) in [4.78, 5) is 12.9. The molecule has 3 aromatic carbocycles. The van der Waals surface area contributed by atoms with Crippen molar-refractivity contribution in [3.05, 3.63) is 96.1 Å². The maximum absolute atomic E-state index is 13.5. The fourth-order valence-electron chi connectivity index (χ4n) is 3.51. The minimum Gasteiger partial charge on any atom is -0.490 e. The number of nitrogens with zero attached hydrogens (tertiary/aromatic N) is 2. The molecule has 0 heterocycles. The van der Waals surface area contributed by atoms with Crippen molar-refractivity contribution in [2.75, 3.05) is 24.1 Å². The van der Waals surface area contributed by atoms with Gasteiger partial charge in [-0.05, 0) is 73.9 Å². The molecular weight excluding hydrogens is 490 g/mol. The number of benzene rings is 3. The summed E-state index contributed by atoms with van der Waals surface area (Å²) in [5.74, 6) is 0.514. The predicted octanol–water partition coefficient (Wildman–Crippen LogP) is 4.61. The first-order valence-corrected chi connectivity index (χ1v) is 13.2. The van der Waals surface area contributed by atoms with E-state index in [1.165, 1.54) is 18.3 Å². The third-order valence-corrected chi connectivity index (χ3v) is 7.26. The van der Waals surface area contributed by atoms with Crippen LogP contribution in [0.2, 0.25) is 0 Å². The van der Waals surface area contributed by atoms with Crippen LogP contribution in [0.3, 0.4) is 0 Å². The number of hydrogen-bond donors (Lipinski definition) is 1. The second kappa shape index (κ2) is 12.7. The molecule has 0 aromatic heterocycles. The van der Waals surface area contributed by atoms with Gasteiger partial charge in [0.25, 0.3) is 15.9 Å². The van der Waals surface area contributed by atoms with E-state index in [2.05, 4.69) is 17.1 Å². The number of carbonyl (C=O) groups is 1. The highest BCUT2D eigenvalue weighted by Gasteiger charge is 2.28. The largest absolute Gasteiger partial charge is 0.490 e. The predicted molar refractivity (Wildman–Crippen MR) is 146 cm³/mol. The lowest BCUT2D eigenvalue weighted by Gasteiger charge is -2.26. The van der Waals surface area contributed by atoms with E-state index in [1.807, 2.05) is 26.8 Å². The second-order valence-electron chi connectivity index (χ2n) is 8.08. The van der Waals surface area contributed by atoms with Gasteiger partial charge in [-0.15, -0.1) is 0 Å². The van der Waals surface area contributed by atoms with E-state index in [4.69, 9.17) is 9.47 Å². The number of sulfonamides is 1. The van der Waals surface area contributed by atoms with Crippen molar-refractivity contribution in [2.45, 2.75) is 25.7 Å². The van der Waals surface area contributed by atoms with Crippen LogP contribution < -0.4 is 19.2 Å². The van der Waals surface area contributed by atoms with Gasteiger partial charge in [0.2, 0.25) is 0 Å². The van der Waals surface area contributed by atoms with Crippen LogP contribution in [0.5, 0.6) is 11.5 Å². The molecule has 0 saturated carbocycles. The zero-order valence-electron chi connectivity index (χ0n) is 21.2. The summed E-state index contributed by atoms with van der Waals surface area (Å²) in [7, 11) is -4.01. The Kier molecular flexibility index (Phi) is 9.45. The van der Waals surface area contributed by atoms with E-state index in [9.17, 15) is 13.2 Å². The normalized spacial score (nSPS) is 11.2. The van der Waals surface area contributed by atoms with E-state index < -0.39 is 22.5 Å². The first-order chi connectivity index (χ1) is 17.8. The lowest BCUT2D eigenvalue weighted by atomic mass is 10.1. The van der Waals surface area contributed by atoms with Crippen LogP contribution in [0.25, 0.3) is 0 Å². The molecular formula is C28H31N3O5S. The number of anilines is 1. The number of aryl methyl sites for hydroxylation is 1. The highest BCUT2D eigenvalue weighted by Crippen LogP contribution is 2.29. The zero-order chi connectivity index (χ0) is 26.8. The molecule has 0 bridgehead atoms. The van der Waals surface area contributed by atoms with E-state index in [0.717, 1.165) is 15.4 Å². The molecule has 1 N–H and O–H groups in total. The summed E-state index contributed by atoms with van der Waals surface area (Å²) in [6.07, 6.45) is 3.09. The van der Waals surface area contributed by atoms with E-state index >= 15 is 0 Å². The van der Waals surface area contributed by atoms with Crippen molar-refractivity contribution in [3.8, 4) is 11.5 Å². The van der Waals surface area contributed by atoms with Crippen molar-refractivity contribution < 1.29 is 22.7 Å². The summed E-state index contributed by atoms with van der Waals surface area (Å²) in [6, 6.07) is 18.6. The van der Waals surface area contributed by atoms with Gasteiger partial charge in [-0.1, -0.05) is 43.0 Å². The van der Waals surface area contributed by atoms with Gasteiger partial charge >= 0.3 is 0 Å².